The highest BCUT2D eigenvalue weighted by Gasteiger charge is 2.25. The Morgan fingerprint density at radius 3 is 2.37 bits per heavy atom. The largest absolute Gasteiger partial charge is 0.457 e. The minimum Gasteiger partial charge on any atom is -0.457 e. The van der Waals surface area contributed by atoms with Crippen molar-refractivity contribution < 1.29 is 9.53 Å². The Kier molecular flexibility index (Phi) is 8.56. The van der Waals surface area contributed by atoms with Crippen molar-refractivity contribution >= 4 is 23.9 Å². The van der Waals surface area contributed by atoms with E-state index in [9.17, 15) is 4.79 Å². The third kappa shape index (κ3) is 5.95. The monoisotopic (exact) mass is 385 g/mol. The molecule has 0 saturated carbocycles. The van der Waals surface area contributed by atoms with Crippen molar-refractivity contribution in [2.24, 2.45) is 0 Å². The van der Waals surface area contributed by atoms with Crippen molar-refractivity contribution in [3.8, 4) is 0 Å². The Balaban J connectivity index is 0.00000261. The second-order valence-electron chi connectivity index (χ2n) is 6.76. The molecule has 0 atom stereocenters. The molecule has 0 amide bonds. The maximum atomic E-state index is 12.9. The summed E-state index contributed by atoms with van der Waals surface area (Å²) in [5, 5.41) is 0. The molecule has 1 aliphatic heterocycles. The number of benzene rings is 2. The predicted molar refractivity (Wildman–Crippen MR) is 113 cm³/mol. The zero-order valence-electron chi connectivity index (χ0n) is 15.9. The third-order valence-corrected chi connectivity index (χ3v) is 4.83. The van der Waals surface area contributed by atoms with Gasteiger partial charge in [0.1, 0.15) is 6.61 Å². The van der Waals surface area contributed by atoms with Crippen molar-refractivity contribution in [1.29, 1.82) is 0 Å². The average Bonchev–Trinajstić information content (AvgIpc) is 2.71. The Bertz CT molecular complexity index is 743. The maximum Gasteiger partial charge on any atom is 0.335 e. The second-order valence-corrected chi connectivity index (χ2v) is 6.76. The SMILES string of the molecule is CCCCN1CCC(c2ccccc2)=C(C(=O)OCc2ccccc2)C1.Cl. The first-order valence-electron chi connectivity index (χ1n) is 9.48. The van der Waals surface area contributed by atoms with Gasteiger partial charge in [0.2, 0.25) is 0 Å². The summed E-state index contributed by atoms with van der Waals surface area (Å²) in [6.07, 6.45) is 3.22. The van der Waals surface area contributed by atoms with Gasteiger partial charge in [0, 0.05) is 13.1 Å². The minimum absolute atomic E-state index is 0. The molecule has 27 heavy (non-hydrogen) atoms. The van der Waals surface area contributed by atoms with Crippen LogP contribution in [0.5, 0.6) is 0 Å². The molecule has 0 spiro atoms. The summed E-state index contributed by atoms with van der Waals surface area (Å²) in [7, 11) is 0. The molecule has 3 rings (SSSR count). The lowest BCUT2D eigenvalue weighted by Gasteiger charge is -2.30. The van der Waals surface area contributed by atoms with Gasteiger partial charge in [-0.05, 0) is 36.1 Å². The van der Waals surface area contributed by atoms with Gasteiger partial charge in [-0.1, -0.05) is 74.0 Å². The van der Waals surface area contributed by atoms with Crippen LogP contribution >= 0.6 is 12.4 Å². The van der Waals surface area contributed by atoms with E-state index < -0.39 is 0 Å². The average molecular weight is 386 g/mol. The van der Waals surface area contributed by atoms with Gasteiger partial charge in [-0.2, -0.15) is 0 Å². The fraction of sp³-hybridized carbons (Fsp3) is 0.348. The highest BCUT2D eigenvalue weighted by molar-refractivity contribution is 5.98. The van der Waals surface area contributed by atoms with E-state index in [4.69, 9.17) is 4.74 Å². The smallest absolute Gasteiger partial charge is 0.335 e. The molecule has 1 aliphatic rings. The number of unbranched alkanes of at least 4 members (excludes halogenated alkanes) is 1. The topological polar surface area (TPSA) is 29.5 Å². The number of ether oxygens (including phenoxy) is 1. The molecule has 0 saturated heterocycles. The molecule has 0 unspecified atom stereocenters. The fourth-order valence-corrected chi connectivity index (χ4v) is 3.35. The molecule has 2 aromatic carbocycles. The molecule has 4 heteroatoms. The second kappa shape index (κ2) is 10.9. The number of esters is 1. The molecular weight excluding hydrogens is 358 g/mol. The quantitative estimate of drug-likeness (QED) is 0.620. The summed E-state index contributed by atoms with van der Waals surface area (Å²) < 4.78 is 5.65. The Labute approximate surface area is 168 Å². The van der Waals surface area contributed by atoms with Crippen LogP contribution in [-0.2, 0) is 16.1 Å². The van der Waals surface area contributed by atoms with Crippen LogP contribution in [0.2, 0.25) is 0 Å². The van der Waals surface area contributed by atoms with Crippen molar-refractivity contribution in [3.05, 3.63) is 77.4 Å². The number of hydrogen-bond acceptors (Lipinski definition) is 3. The standard InChI is InChI=1S/C23H27NO2.ClH/c1-2-3-15-24-16-14-21(20-12-8-5-9-13-20)22(17-24)23(25)26-18-19-10-6-4-7-11-19;/h4-13H,2-3,14-18H2,1H3;1H. The van der Waals surface area contributed by atoms with Gasteiger partial charge in [0.05, 0.1) is 5.57 Å². The van der Waals surface area contributed by atoms with Crippen molar-refractivity contribution in [2.45, 2.75) is 32.8 Å². The zero-order valence-corrected chi connectivity index (χ0v) is 16.7. The predicted octanol–water partition coefficient (Wildman–Crippen LogP) is 5.11. The van der Waals surface area contributed by atoms with E-state index >= 15 is 0 Å². The minimum atomic E-state index is -0.186. The Morgan fingerprint density at radius 2 is 1.70 bits per heavy atom. The van der Waals surface area contributed by atoms with E-state index in [1.165, 1.54) is 6.42 Å². The van der Waals surface area contributed by atoms with E-state index in [2.05, 4.69) is 24.0 Å². The molecule has 144 valence electrons. The normalized spacial score (nSPS) is 14.6. The van der Waals surface area contributed by atoms with Gasteiger partial charge >= 0.3 is 5.97 Å². The molecule has 3 nitrogen and oxygen atoms in total. The number of carbonyl (C=O) groups is 1. The molecule has 2 aromatic rings. The summed E-state index contributed by atoms with van der Waals surface area (Å²) in [6.45, 7) is 5.23. The van der Waals surface area contributed by atoms with Crippen LogP contribution < -0.4 is 0 Å². The third-order valence-electron chi connectivity index (χ3n) is 4.83. The number of rotatable bonds is 7. The highest BCUT2D eigenvalue weighted by Crippen LogP contribution is 2.28. The summed E-state index contributed by atoms with van der Waals surface area (Å²) in [4.78, 5) is 15.2. The molecular formula is C23H28ClNO2. The lowest BCUT2D eigenvalue weighted by atomic mass is 9.93. The van der Waals surface area contributed by atoms with Gasteiger partial charge in [-0.3, -0.25) is 4.90 Å². The van der Waals surface area contributed by atoms with Crippen LogP contribution in [-0.4, -0.2) is 30.5 Å². The van der Waals surface area contributed by atoms with Crippen LogP contribution in [0.3, 0.4) is 0 Å². The summed E-state index contributed by atoms with van der Waals surface area (Å²) in [6, 6.07) is 20.1. The van der Waals surface area contributed by atoms with Crippen LogP contribution in [0.15, 0.2) is 66.2 Å². The van der Waals surface area contributed by atoms with Crippen LogP contribution in [0, 0.1) is 0 Å². The van der Waals surface area contributed by atoms with Crippen molar-refractivity contribution in [3.63, 3.8) is 0 Å². The van der Waals surface area contributed by atoms with Crippen LogP contribution in [0.4, 0.5) is 0 Å². The summed E-state index contributed by atoms with van der Waals surface area (Å²) in [5.41, 5.74) is 4.10. The number of carbonyl (C=O) groups excluding carboxylic acids is 1. The van der Waals surface area contributed by atoms with Gasteiger partial charge < -0.3 is 4.74 Å². The first-order valence-corrected chi connectivity index (χ1v) is 9.48. The van der Waals surface area contributed by atoms with Gasteiger partial charge in [-0.25, -0.2) is 4.79 Å². The summed E-state index contributed by atoms with van der Waals surface area (Å²) in [5.74, 6) is -0.186. The van der Waals surface area contributed by atoms with Crippen molar-refractivity contribution in [2.75, 3.05) is 19.6 Å². The van der Waals surface area contributed by atoms with E-state index in [0.29, 0.717) is 13.2 Å². The first kappa shape index (κ1) is 21.2. The first-order chi connectivity index (χ1) is 12.8. The number of hydrogen-bond donors (Lipinski definition) is 0. The van der Waals surface area contributed by atoms with E-state index in [-0.39, 0.29) is 18.4 Å². The summed E-state index contributed by atoms with van der Waals surface area (Å²) >= 11 is 0. The molecule has 0 aromatic heterocycles. The molecule has 0 bridgehead atoms. The maximum absolute atomic E-state index is 12.9. The molecule has 0 N–H and O–H groups in total. The highest BCUT2D eigenvalue weighted by atomic mass is 35.5. The van der Waals surface area contributed by atoms with Crippen LogP contribution in [0.1, 0.15) is 37.3 Å². The fourth-order valence-electron chi connectivity index (χ4n) is 3.35. The lowest BCUT2D eigenvalue weighted by Crippen LogP contribution is -2.35. The molecule has 0 radical (unpaired) electrons. The van der Waals surface area contributed by atoms with Gasteiger partial charge in [-0.15, -0.1) is 12.4 Å². The Morgan fingerprint density at radius 1 is 1.04 bits per heavy atom. The molecule has 0 fully saturated rings. The number of nitrogens with zero attached hydrogens (tertiary/aromatic N) is 1. The van der Waals surface area contributed by atoms with Crippen molar-refractivity contribution in [1.82, 2.24) is 4.90 Å². The van der Waals surface area contributed by atoms with Crippen LogP contribution in [0.25, 0.3) is 5.57 Å². The molecule has 1 heterocycles. The number of halogens is 1. The van der Waals surface area contributed by atoms with E-state index in [1.807, 2.05) is 48.5 Å². The zero-order chi connectivity index (χ0) is 18.2. The van der Waals surface area contributed by atoms with E-state index in [0.717, 1.165) is 48.2 Å². The van der Waals surface area contributed by atoms with Gasteiger partial charge in [0.25, 0.3) is 0 Å². The Hall–Kier alpha value is -2.10. The molecule has 0 aliphatic carbocycles. The van der Waals surface area contributed by atoms with Gasteiger partial charge in [0.15, 0.2) is 0 Å². The van der Waals surface area contributed by atoms with E-state index in [1.54, 1.807) is 0 Å². The lowest BCUT2D eigenvalue weighted by molar-refractivity contribution is -0.140.